The van der Waals surface area contributed by atoms with Crippen molar-refractivity contribution in [2.45, 2.75) is 55.6 Å². The first-order valence-electron chi connectivity index (χ1n) is 8.25. The Balaban J connectivity index is 1.71. The number of benzene rings is 1. The van der Waals surface area contributed by atoms with Crippen LogP contribution in [0, 0.1) is 0 Å². The lowest BCUT2D eigenvalue weighted by Crippen LogP contribution is -2.41. The Morgan fingerprint density at radius 3 is 2.43 bits per heavy atom. The van der Waals surface area contributed by atoms with Gasteiger partial charge in [0.1, 0.15) is 0 Å². The summed E-state index contributed by atoms with van der Waals surface area (Å²) in [5.74, 6) is 0. The van der Waals surface area contributed by atoms with E-state index in [0.29, 0.717) is 5.37 Å². The highest BCUT2D eigenvalue weighted by molar-refractivity contribution is 8.00. The highest BCUT2D eigenvalue weighted by Gasteiger charge is 2.51. The first-order chi connectivity index (χ1) is 10.7. The third-order valence-corrected chi connectivity index (χ3v) is 6.20. The van der Waals surface area contributed by atoms with E-state index in [1.54, 1.807) is 0 Å². The zero-order chi connectivity index (χ0) is 16.8. The van der Waals surface area contributed by atoms with Crippen LogP contribution in [0.2, 0.25) is 0 Å². The van der Waals surface area contributed by atoms with Crippen LogP contribution in [0.4, 0.5) is 5.69 Å². The molecule has 2 heterocycles. The Bertz CT molecular complexity index is 576. The van der Waals surface area contributed by atoms with E-state index in [0.717, 1.165) is 18.4 Å². The van der Waals surface area contributed by atoms with Crippen molar-refractivity contribution in [3.8, 4) is 0 Å². The quantitative estimate of drug-likeness (QED) is 0.857. The summed E-state index contributed by atoms with van der Waals surface area (Å²) in [5, 5.41) is 4.07. The second-order valence-electron chi connectivity index (χ2n) is 7.69. The lowest BCUT2D eigenvalue weighted by Gasteiger charge is -2.32. The van der Waals surface area contributed by atoms with Gasteiger partial charge in [0.2, 0.25) is 0 Å². The summed E-state index contributed by atoms with van der Waals surface area (Å²) in [5.41, 5.74) is 1.69. The molecule has 23 heavy (non-hydrogen) atoms. The van der Waals surface area contributed by atoms with E-state index in [9.17, 15) is 0 Å². The first-order valence-corrected chi connectivity index (χ1v) is 9.13. The largest absolute Gasteiger partial charge is 0.494 e. The summed E-state index contributed by atoms with van der Waals surface area (Å²) in [4.78, 5) is 3.54. The maximum absolute atomic E-state index is 6.15. The lowest BCUT2D eigenvalue weighted by atomic mass is 9.79. The Hall–Kier alpha value is -0.685. The van der Waals surface area contributed by atoms with Gasteiger partial charge in [0, 0.05) is 17.1 Å². The van der Waals surface area contributed by atoms with Crippen LogP contribution >= 0.6 is 11.8 Å². The number of hydrogen-bond acceptors (Lipinski definition) is 5. The van der Waals surface area contributed by atoms with Gasteiger partial charge in [0.15, 0.2) is 0 Å². The first kappa shape index (κ1) is 17.1. The predicted molar refractivity (Wildman–Crippen MR) is 98.6 cm³/mol. The lowest BCUT2D eigenvalue weighted by molar-refractivity contribution is 0.00578. The van der Waals surface area contributed by atoms with E-state index in [1.807, 2.05) is 11.8 Å². The summed E-state index contributed by atoms with van der Waals surface area (Å²) in [6.07, 6.45) is 1.12. The molecule has 1 fully saturated rings. The van der Waals surface area contributed by atoms with Gasteiger partial charge in [0.25, 0.3) is 0 Å². The van der Waals surface area contributed by atoms with Crippen LogP contribution in [0.5, 0.6) is 0 Å². The van der Waals surface area contributed by atoms with Gasteiger partial charge < -0.3 is 19.5 Å². The van der Waals surface area contributed by atoms with Gasteiger partial charge in [-0.15, -0.1) is 0 Å². The van der Waals surface area contributed by atoms with Crippen molar-refractivity contribution in [2.75, 3.05) is 26.0 Å². The molecule has 0 radical (unpaired) electrons. The van der Waals surface area contributed by atoms with E-state index in [2.05, 4.69) is 70.2 Å². The molecule has 2 aliphatic rings. The molecule has 1 unspecified atom stereocenters. The van der Waals surface area contributed by atoms with Crippen LogP contribution in [-0.2, 0) is 9.31 Å². The van der Waals surface area contributed by atoms with E-state index in [1.165, 1.54) is 10.6 Å². The standard InChI is InChI=1S/C17H27BN2O2S/c1-16(2)17(3,4)22-18(21-16)12-7-8-14-13(11-12)19-15(23-14)9-10-20(5)6/h7-8,11,15,19H,9-10H2,1-6H3. The molecule has 0 spiro atoms. The number of hydrogen-bond donors (Lipinski definition) is 1. The van der Waals surface area contributed by atoms with Gasteiger partial charge in [-0.1, -0.05) is 17.8 Å². The summed E-state index contributed by atoms with van der Waals surface area (Å²) in [6.45, 7) is 9.44. The fourth-order valence-corrected chi connectivity index (χ4v) is 3.86. The highest BCUT2D eigenvalue weighted by atomic mass is 32.2. The molecular weight excluding hydrogens is 307 g/mol. The van der Waals surface area contributed by atoms with Crippen molar-refractivity contribution < 1.29 is 9.31 Å². The van der Waals surface area contributed by atoms with Crippen LogP contribution in [0.25, 0.3) is 0 Å². The zero-order valence-electron chi connectivity index (χ0n) is 15.0. The van der Waals surface area contributed by atoms with E-state index >= 15 is 0 Å². The van der Waals surface area contributed by atoms with Crippen LogP contribution < -0.4 is 10.8 Å². The Morgan fingerprint density at radius 1 is 1.17 bits per heavy atom. The number of nitrogens with one attached hydrogen (secondary N) is 1. The van der Waals surface area contributed by atoms with Crippen molar-refractivity contribution in [3.05, 3.63) is 18.2 Å². The second kappa shape index (κ2) is 5.99. The van der Waals surface area contributed by atoms with Crippen molar-refractivity contribution in [2.24, 2.45) is 0 Å². The molecule has 4 nitrogen and oxygen atoms in total. The molecule has 3 rings (SSSR count). The normalized spacial score (nSPS) is 24.8. The smallest absolute Gasteiger partial charge is 0.399 e. The van der Waals surface area contributed by atoms with Gasteiger partial charge in [-0.25, -0.2) is 0 Å². The molecular formula is C17H27BN2O2S. The topological polar surface area (TPSA) is 33.7 Å². The van der Waals surface area contributed by atoms with Crippen molar-refractivity contribution >= 4 is 30.0 Å². The van der Waals surface area contributed by atoms with Crippen LogP contribution in [0.15, 0.2) is 23.1 Å². The molecule has 0 saturated carbocycles. The Labute approximate surface area is 144 Å². The van der Waals surface area contributed by atoms with Crippen molar-refractivity contribution in [1.82, 2.24) is 4.90 Å². The van der Waals surface area contributed by atoms with Gasteiger partial charge in [-0.05, 0) is 65.8 Å². The van der Waals surface area contributed by atoms with Gasteiger partial charge in [0.05, 0.1) is 16.6 Å². The van der Waals surface area contributed by atoms with Crippen LogP contribution in [-0.4, -0.2) is 49.2 Å². The molecule has 0 aromatic heterocycles. The minimum atomic E-state index is -0.299. The molecule has 2 aliphatic heterocycles. The number of thioether (sulfide) groups is 1. The summed E-state index contributed by atoms with van der Waals surface area (Å²) in [6, 6.07) is 6.49. The van der Waals surface area contributed by atoms with Crippen molar-refractivity contribution in [3.63, 3.8) is 0 Å². The molecule has 1 atom stereocenters. The average Bonchev–Trinajstić information content (AvgIpc) is 2.94. The molecule has 0 bridgehead atoms. The van der Waals surface area contributed by atoms with E-state index in [-0.39, 0.29) is 18.3 Å². The molecule has 1 N–H and O–H groups in total. The molecule has 6 heteroatoms. The molecule has 126 valence electrons. The summed E-state index contributed by atoms with van der Waals surface area (Å²) >= 11 is 1.91. The minimum absolute atomic E-state index is 0.294. The highest BCUT2D eigenvalue weighted by Crippen LogP contribution is 2.40. The van der Waals surface area contributed by atoms with Crippen molar-refractivity contribution in [1.29, 1.82) is 0 Å². The summed E-state index contributed by atoms with van der Waals surface area (Å²) < 4.78 is 12.3. The Morgan fingerprint density at radius 2 is 1.83 bits per heavy atom. The van der Waals surface area contributed by atoms with Gasteiger partial charge >= 0.3 is 7.12 Å². The fourth-order valence-electron chi connectivity index (χ4n) is 2.75. The van der Waals surface area contributed by atoms with E-state index < -0.39 is 0 Å². The zero-order valence-corrected chi connectivity index (χ0v) is 15.8. The second-order valence-corrected chi connectivity index (χ2v) is 8.93. The maximum Gasteiger partial charge on any atom is 0.494 e. The third-order valence-electron chi connectivity index (χ3n) is 4.95. The third kappa shape index (κ3) is 3.41. The average molecular weight is 334 g/mol. The van der Waals surface area contributed by atoms with Gasteiger partial charge in [-0.2, -0.15) is 0 Å². The number of rotatable bonds is 4. The Kier molecular flexibility index (Phi) is 4.47. The number of nitrogens with zero attached hydrogens (tertiary/aromatic N) is 1. The van der Waals surface area contributed by atoms with Crippen LogP contribution in [0.3, 0.4) is 0 Å². The molecule has 0 aliphatic carbocycles. The molecule has 1 saturated heterocycles. The predicted octanol–water partition coefficient (Wildman–Crippen LogP) is 2.78. The van der Waals surface area contributed by atoms with Crippen LogP contribution in [0.1, 0.15) is 34.1 Å². The molecule has 0 amide bonds. The summed E-state index contributed by atoms with van der Waals surface area (Å²) in [7, 11) is 3.93. The number of anilines is 1. The number of fused-ring (bicyclic) bond motifs is 1. The monoisotopic (exact) mass is 334 g/mol. The fraction of sp³-hybridized carbons (Fsp3) is 0.647. The minimum Gasteiger partial charge on any atom is -0.399 e. The molecule has 1 aromatic carbocycles. The van der Waals surface area contributed by atoms with Gasteiger partial charge in [-0.3, -0.25) is 0 Å². The van der Waals surface area contributed by atoms with E-state index in [4.69, 9.17) is 9.31 Å². The maximum atomic E-state index is 6.15. The SMILES string of the molecule is CN(C)CCC1Nc2cc(B3OC(C)(C)C(C)(C)O3)ccc2S1. The molecule has 1 aromatic rings.